The molecule has 1 fully saturated rings. The average Bonchev–Trinajstić information content (AvgIpc) is 3.46. The summed E-state index contributed by atoms with van der Waals surface area (Å²) in [7, 11) is 0. The van der Waals surface area contributed by atoms with Gasteiger partial charge in [0.2, 0.25) is 23.6 Å². The second-order valence-corrected chi connectivity index (χ2v) is 8.76. The molecule has 4 heterocycles. The molecule has 2 aliphatic heterocycles. The van der Waals surface area contributed by atoms with Crippen molar-refractivity contribution in [1.82, 2.24) is 14.6 Å². The van der Waals surface area contributed by atoms with E-state index in [-0.39, 0.29) is 25.0 Å². The second kappa shape index (κ2) is 6.19. The van der Waals surface area contributed by atoms with Gasteiger partial charge in [-0.05, 0) is 24.3 Å². The zero-order valence-corrected chi connectivity index (χ0v) is 16.4. The topological polar surface area (TPSA) is 86.0 Å². The molecule has 0 saturated carbocycles. The monoisotopic (exact) mass is 424 g/mol. The van der Waals surface area contributed by atoms with Crippen LogP contribution < -0.4 is 14.4 Å². The maximum absolute atomic E-state index is 13.0. The van der Waals surface area contributed by atoms with Crippen LogP contribution in [0.2, 0.25) is 0 Å². The third-order valence-corrected chi connectivity index (χ3v) is 7.02. The van der Waals surface area contributed by atoms with Crippen LogP contribution in [0.3, 0.4) is 0 Å². The summed E-state index contributed by atoms with van der Waals surface area (Å²) in [6, 6.07) is 13.0. The molecular formula is C19H12N4O4S2. The normalized spacial score (nSPS) is 18.5. The first-order valence-electron chi connectivity index (χ1n) is 8.85. The van der Waals surface area contributed by atoms with Crippen molar-refractivity contribution < 1.29 is 19.1 Å². The van der Waals surface area contributed by atoms with Crippen LogP contribution in [0.5, 0.6) is 11.5 Å². The number of fused-ring (bicyclic) bond motifs is 4. The van der Waals surface area contributed by atoms with Gasteiger partial charge >= 0.3 is 0 Å². The highest BCUT2D eigenvalue weighted by Crippen LogP contribution is 2.39. The number of ether oxygens (including phenoxy) is 2. The molecule has 0 N–H and O–H groups in total. The van der Waals surface area contributed by atoms with Crippen molar-refractivity contribution in [2.24, 2.45) is 0 Å². The molecule has 4 aromatic rings. The number of thiazole rings is 1. The number of benzene rings is 2. The molecule has 2 aromatic carbocycles. The van der Waals surface area contributed by atoms with Crippen molar-refractivity contribution in [3.63, 3.8) is 0 Å². The van der Waals surface area contributed by atoms with E-state index in [9.17, 15) is 9.59 Å². The summed E-state index contributed by atoms with van der Waals surface area (Å²) in [5, 5.41) is 8.52. The third kappa shape index (κ3) is 2.52. The number of rotatable bonds is 3. The Labute approximate surface area is 172 Å². The van der Waals surface area contributed by atoms with Crippen molar-refractivity contribution >= 4 is 55.8 Å². The van der Waals surface area contributed by atoms with Gasteiger partial charge in [-0.25, -0.2) is 4.90 Å². The molecule has 0 unspecified atom stereocenters. The number of amides is 2. The average molecular weight is 424 g/mol. The van der Waals surface area contributed by atoms with E-state index in [1.54, 1.807) is 18.2 Å². The lowest BCUT2D eigenvalue weighted by Crippen LogP contribution is -2.31. The minimum Gasteiger partial charge on any atom is -0.454 e. The highest BCUT2D eigenvalue weighted by Gasteiger charge is 2.41. The Morgan fingerprint density at radius 2 is 1.93 bits per heavy atom. The number of aromatic nitrogens is 3. The summed E-state index contributed by atoms with van der Waals surface area (Å²) in [5.41, 5.74) is 1.48. The van der Waals surface area contributed by atoms with Crippen LogP contribution >= 0.6 is 23.1 Å². The molecule has 8 nitrogen and oxygen atoms in total. The van der Waals surface area contributed by atoms with E-state index in [2.05, 4.69) is 10.2 Å². The molecular weight excluding hydrogens is 412 g/mol. The Morgan fingerprint density at radius 1 is 1.07 bits per heavy atom. The molecule has 1 atom stereocenters. The zero-order chi connectivity index (χ0) is 19.5. The standard InChI is InChI=1S/C19H12N4O4S2/c24-16-8-15(17(25)22(16)10-5-6-12-13(7-10)27-9-26-12)29-19-21-20-18-23(19)11-3-1-2-4-14(11)28-18/h1-7,15H,8-9H2/t15-/m0/s1. The fourth-order valence-electron chi connectivity index (χ4n) is 3.55. The maximum Gasteiger partial charge on any atom is 0.247 e. The minimum absolute atomic E-state index is 0.106. The van der Waals surface area contributed by atoms with E-state index >= 15 is 0 Å². The van der Waals surface area contributed by atoms with Crippen LogP contribution in [-0.2, 0) is 9.59 Å². The Bertz CT molecular complexity index is 1310. The van der Waals surface area contributed by atoms with Crippen molar-refractivity contribution in [1.29, 1.82) is 0 Å². The van der Waals surface area contributed by atoms with Crippen molar-refractivity contribution in [3.8, 4) is 11.5 Å². The smallest absolute Gasteiger partial charge is 0.247 e. The molecule has 0 bridgehead atoms. The molecule has 144 valence electrons. The molecule has 6 rings (SSSR count). The fourth-order valence-corrected chi connectivity index (χ4v) is 5.64. The predicted molar refractivity (Wildman–Crippen MR) is 108 cm³/mol. The van der Waals surface area contributed by atoms with Gasteiger partial charge in [0.1, 0.15) is 5.25 Å². The lowest BCUT2D eigenvalue weighted by molar-refractivity contribution is -0.121. The number of hydrogen-bond acceptors (Lipinski definition) is 8. The van der Waals surface area contributed by atoms with Crippen molar-refractivity contribution in [3.05, 3.63) is 42.5 Å². The summed E-state index contributed by atoms with van der Waals surface area (Å²) < 4.78 is 13.7. The first-order chi connectivity index (χ1) is 14.2. The quantitative estimate of drug-likeness (QED) is 0.467. The summed E-state index contributed by atoms with van der Waals surface area (Å²) in [6.45, 7) is 0.136. The lowest BCUT2D eigenvalue weighted by Gasteiger charge is -2.15. The number of hydrogen-bond donors (Lipinski definition) is 0. The van der Waals surface area contributed by atoms with Gasteiger partial charge in [0.25, 0.3) is 0 Å². The highest BCUT2D eigenvalue weighted by molar-refractivity contribution is 8.00. The Morgan fingerprint density at radius 3 is 2.86 bits per heavy atom. The van der Waals surface area contributed by atoms with Crippen LogP contribution in [0.1, 0.15) is 6.42 Å². The van der Waals surface area contributed by atoms with Crippen molar-refractivity contribution in [2.75, 3.05) is 11.7 Å². The van der Waals surface area contributed by atoms with E-state index in [1.807, 2.05) is 28.7 Å². The van der Waals surface area contributed by atoms with Crippen LogP contribution in [0.4, 0.5) is 5.69 Å². The molecule has 2 amide bonds. The third-order valence-electron chi connectivity index (χ3n) is 4.88. The van der Waals surface area contributed by atoms with E-state index < -0.39 is 5.25 Å². The molecule has 0 radical (unpaired) electrons. The summed E-state index contributed by atoms with van der Waals surface area (Å²) >= 11 is 2.81. The first-order valence-corrected chi connectivity index (χ1v) is 10.5. The second-order valence-electron chi connectivity index (χ2n) is 6.59. The van der Waals surface area contributed by atoms with E-state index in [0.29, 0.717) is 22.3 Å². The van der Waals surface area contributed by atoms with Crippen LogP contribution in [0.25, 0.3) is 15.2 Å². The highest BCUT2D eigenvalue weighted by atomic mass is 32.2. The molecule has 0 spiro atoms. The van der Waals surface area contributed by atoms with Gasteiger partial charge in [-0.2, -0.15) is 0 Å². The van der Waals surface area contributed by atoms with Crippen LogP contribution in [-0.4, -0.2) is 38.5 Å². The Hall–Kier alpha value is -3.11. The summed E-state index contributed by atoms with van der Waals surface area (Å²) in [4.78, 5) is 27.6. The molecule has 29 heavy (non-hydrogen) atoms. The van der Waals surface area contributed by atoms with E-state index in [4.69, 9.17) is 9.47 Å². The number of para-hydroxylation sites is 1. The fraction of sp³-hybridized carbons (Fsp3) is 0.158. The zero-order valence-electron chi connectivity index (χ0n) is 14.8. The van der Waals surface area contributed by atoms with E-state index in [1.165, 1.54) is 28.0 Å². The van der Waals surface area contributed by atoms with Crippen LogP contribution in [0, 0.1) is 0 Å². The van der Waals surface area contributed by atoms with Gasteiger partial charge in [0.15, 0.2) is 16.7 Å². The van der Waals surface area contributed by atoms with Gasteiger partial charge in [-0.3, -0.25) is 14.0 Å². The lowest BCUT2D eigenvalue weighted by atomic mass is 10.2. The number of nitrogens with zero attached hydrogens (tertiary/aromatic N) is 4. The molecule has 2 aromatic heterocycles. The Kier molecular flexibility index (Phi) is 3.59. The van der Waals surface area contributed by atoms with Crippen LogP contribution in [0.15, 0.2) is 47.6 Å². The number of thioether (sulfide) groups is 1. The van der Waals surface area contributed by atoms with Gasteiger partial charge in [0, 0.05) is 12.5 Å². The summed E-state index contributed by atoms with van der Waals surface area (Å²) in [6.07, 6.45) is 0.106. The molecule has 0 aliphatic carbocycles. The predicted octanol–water partition coefficient (Wildman–Crippen LogP) is 3.10. The SMILES string of the molecule is O=C1C[C@H](Sc2nnc3sc4ccccc4n23)C(=O)N1c1ccc2c(c1)OCO2. The van der Waals surface area contributed by atoms with E-state index in [0.717, 1.165) is 15.2 Å². The van der Waals surface area contributed by atoms with Gasteiger partial charge in [0.05, 0.1) is 15.9 Å². The molecule has 10 heteroatoms. The van der Waals surface area contributed by atoms with Crippen molar-refractivity contribution in [2.45, 2.75) is 16.8 Å². The number of carbonyl (C=O) groups excluding carboxylic acids is 2. The number of imide groups is 1. The number of carbonyl (C=O) groups is 2. The molecule has 2 aliphatic rings. The maximum atomic E-state index is 13.0. The largest absolute Gasteiger partial charge is 0.454 e. The van der Waals surface area contributed by atoms with Gasteiger partial charge in [-0.1, -0.05) is 35.2 Å². The van der Waals surface area contributed by atoms with Gasteiger partial charge in [-0.15, -0.1) is 10.2 Å². The first kappa shape index (κ1) is 16.8. The minimum atomic E-state index is -0.556. The summed E-state index contributed by atoms with van der Waals surface area (Å²) in [5.74, 6) is 0.620. The molecule has 1 saturated heterocycles. The van der Waals surface area contributed by atoms with Gasteiger partial charge < -0.3 is 9.47 Å². The number of anilines is 1. The Balaban J connectivity index is 1.33.